The predicted octanol–water partition coefficient (Wildman–Crippen LogP) is 4.48. The molecule has 2 heterocycles. The van der Waals surface area contributed by atoms with E-state index in [2.05, 4.69) is 37.9 Å². The van der Waals surface area contributed by atoms with Gasteiger partial charge in [0.25, 0.3) is 0 Å². The van der Waals surface area contributed by atoms with Gasteiger partial charge in [-0.25, -0.2) is 0 Å². The lowest BCUT2D eigenvalue weighted by atomic mass is 9.87. The summed E-state index contributed by atoms with van der Waals surface area (Å²) in [6.07, 6.45) is 0.543. The van der Waals surface area contributed by atoms with E-state index in [1.165, 1.54) is 5.56 Å². The molecule has 2 aromatic carbocycles. The highest BCUT2D eigenvalue weighted by atomic mass is 16.7. The number of aliphatic imine (C=N–C) groups is 1. The van der Waals surface area contributed by atoms with E-state index in [1.807, 2.05) is 24.3 Å². The van der Waals surface area contributed by atoms with Crippen LogP contribution in [0.2, 0.25) is 0 Å². The van der Waals surface area contributed by atoms with Crippen molar-refractivity contribution < 1.29 is 19.0 Å². The second-order valence-corrected chi connectivity index (χ2v) is 8.62. The molecule has 5 heteroatoms. The fourth-order valence-corrected chi connectivity index (χ4v) is 3.62. The maximum absolute atomic E-state index is 12.8. The SMILES string of the molecule is C[C@H](Oc1ccc(C(C)(C)C)cc1)C(=O)CC1=NCCc2cc3c(cc21)OCO3. The lowest BCUT2D eigenvalue weighted by Crippen LogP contribution is -2.27. The van der Waals surface area contributed by atoms with Crippen molar-refractivity contribution in [3.63, 3.8) is 0 Å². The van der Waals surface area contributed by atoms with Gasteiger partial charge in [-0.15, -0.1) is 0 Å². The van der Waals surface area contributed by atoms with Gasteiger partial charge in [-0.1, -0.05) is 32.9 Å². The molecule has 0 bridgehead atoms. The van der Waals surface area contributed by atoms with Gasteiger partial charge in [0.2, 0.25) is 6.79 Å². The Hall–Kier alpha value is -2.82. The van der Waals surface area contributed by atoms with Crippen molar-refractivity contribution >= 4 is 11.5 Å². The molecule has 0 saturated carbocycles. The van der Waals surface area contributed by atoms with Gasteiger partial charge >= 0.3 is 0 Å². The Balaban J connectivity index is 1.44. The topological polar surface area (TPSA) is 57.1 Å². The van der Waals surface area contributed by atoms with Crippen LogP contribution < -0.4 is 14.2 Å². The lowest BCUT2D eigenvalue weighted by molar-refractivity contribution is -0.123. The third kappa shape index (κ3) is 4.14. The summed E-state index contributed by atoms with van der Waals surface area (Å²) in [4.78, 5) is 17.4. The van der Waals surface area contributed by atoms with Crippen LogP contribution in [-0.2, 0) is 16.6 Å². The van der Waals surface area contributed by atoms with Gasteiger partial charge in [0.15, 0.2) is 23.4 Å². The van der Waals surface area contributed by atoms with Crippen LogP contribution in [0.1, 0.15) is 50.8 Å². The van der Waals surface area contributed by atoms with Crippen LogP contribution in [0, 0.1) is 0 Å². The molecule has 2 aliphatic heterocycles. The van der Waals surface area contributed by atoms with E-state index in [0.717, 1.165) is 29.0 Å². The molecular weight excluding hydrogens is 366 g/mol. The largest absolute Gasteiger partial charge is 0.483 e. The van der Waals surface area contributed by atoms with E-state index in [1.54, 1.807) is 6.92 Å². The number of hydrogen-bond donors (Lipinski definition) is 0. The number of ether oxygens (including phenoxy) is 3. The molecule has 0 amide bonds. The van der Waals surface area contributed by atoms with Crippen molar-refractivity contribution in [2.75, 3.05) is 13.3 Å². The van der Waals surface area contributed by atoms with E-state index in [4.69, 9.17) is 14.2 Å². The van der Waals surface area contributed by atoms with Crippen LogP contribution in [0.3, 0.4) is 0 Å². The van der Waals surface area contributed by atoms with Gasteiger partial charge in [-0.05, 0) is 54.2 Å². The maximum Gasteiger partial charge on any atom is 0.231 e. The first kappa shape index (κ1) is 19.5. The second kappa shape index (κ2) is 7.54. The smallest absolute Gasteiger partial charge is 0.231 e. The molecule has 1 atom stereocenters. The van der Waals surface area contributed by atoms with Gasteiger partial charge in [-0.3, -0.25) is 9.79 Å². The second-order valence-electron chi connectivity index (χ2n) is 8.62. The van der Waals surface area contributed by atoms with Crippen LogP contribution in [0.15, 0.2) is 41.4 Å². The molecule has 0 aromatic heterocycles. The quantitative estimate of drug-likeness (QED) is 0.751. The molecule has 0 aliphatic carbocycles. The highest BCUT2D eigenvalue weighted by Crippen LogP contribution is 2.36. The fraction of sp³-hybridized carbons (Fsp3) is 0.417. The number of rotatable bonds is 5. The molecule has 0 spiro atoms. The molecular formula is C24H27NO4. The first-order chi connectivity index (χ1) is 13.8. The van der Waals surface area contributed by atoms with Crippen molar-refractivity contribution in [3.8, 4) is 17.2 Å². The molecule has 29 heavy (non-hydrogen) atoms. The van der Waals surface area contributed by atoms with Gasteiger partial charge in [0.1, 0.15) is 5.75 Å². The van der Waals surface area contributed by atoms with Crippen molar-refractivity contribution in [2.24, 2.45) is 4.99 Å². The van der Waals surface area contributed by atoms with Crippen molar-refractivity contribution in [1.82, 2.24) is 0 Å². The van der Waals surface area contributed by atoms with Crippen molar-refractivity contribution in [3.05, 3.63) is 53.1 Å². The Bertz CT molecular complexity index is 954. The van der Waals surface area contributed by atoms with Gasteiger partial charge in [-0.2, -0.15) is 0 Å². The number of nitrogens with zero attached hydrogens (tertiary/aromatic N) is 1. The minimum atomic E-state index is -0.544. The number of fused-ring (bicyclic) bond motifs is 2. The van der Waals surface area contributed by atoms with Gasteiger partial charge in [0, 0.05) is 17.8 Å². The van der Waals surface area contributed by atoms with E-state index in [-0.39, 0.29) is 24.4 Å². The van der Waals surface area contributed by atoms with Crippen LogP contribution in [0.25, 0.3) is 0 Å². The van der Waals surface area contributed by atoms with Crippen LogP contribution in [0.4, 0.5) is 0 Å². The lowest BCUT2D eigenvalue weighted by Gasteiger charge is -2.21. The summed E-state index contributed by atoms with van der Waals surface area (Å²) in [6, 6.07) is 11.9. The third-order valence-corrected chi connectivity index (χ3v) is 5.42. The average Bonchev–Trinajstić information content (AvgIpc) is 3.13. The van der Waals surface area contributed by atoms with E-state index < -0.39 is 6.10 Å². The molecule has 0 fully saturated rings. The van der Waals surface area contributed by atoms with Crippen LogP contribution >= 0.6 is 0 Å². The summed E-state index contributed by atoms with van der Waals surface area (Å²) >= 11 is 0. The summed E-state index contributed by atoms with van der Waals surface area (Å²) in [7, 11) is 0. The first-order valence-electron chi connectivity index (χ1n) is 10.1. The molecule has 0 saturated heterocycles. The summed E-state index contributed by atoms with van der Waals surface area (Å²) < 4.78 is 16.9. The predicted molar refractivity (Wildman–Crippen MR) is 113 cm³/mol. The Labute approximate surface area is 171 Å². The van der Waals surface area contributed by atoms with Crippen molar-refractivity contribution in [1.29, 1.82) is 0 Å². The van der Waals surface area contributed by atoms with E-state index >= 15 is 0 Å². The normalized spacial score (nSPS) is 16.1. The molecule has 0 N–H and O–H groups in total. The monoisotopic (exact) mass is 393 g/mol. The van der Waals surface area contributed by atoms with E-state index in [0.29, 0.717) is 18.0 Å². The number of carbonyl (C=O) groups is 1. The Morgan fingerprint density at radius 2 is 1.83 bits per heavy atom. The number of ketones is 1. The summed E-state index contributed by atoms with van der Waals surface area (Å²) in [5.41, 5.74) is 4.25. The zero-order chi connectivity index (χ0) is 20.6. The van der Waals surface area contributed by atoms with Crippen LogP contribution in [0.5, 0.6) is 17.2 Å². The fourth-order valence-electron chi connectivity index (χ4n) is 3.62. The maximum atomic E-state index is 12.8. The molecule has 152 valence electrons. The van der Waals surface area contributed by atoms with Crippen molar-refractivity contribution in [2.45, 2.75) is 52.1 Å². The summed E-state index contributed by atoms with van der Waals surface area (Å²) in [6.45, 7) is 9.23. The minimum Gasteiger partial charge on any atom is -0.483 e. The Kier molecular flexibility index (Phi) is 5.07. The minimum absolute atomic E-state index is 0.00849. The Morgan fingerprint density at radius 1 is 1.14 bits per heavy atom. The molecule has 2 aromatic rings. The number of hydrogen-bond acceptors (Lipinski definition) is 5. The zero-order valence-corrected chi connectivity index (χ0v) is 17.5. The Morgan fingerprint density at radius 3 is 2.52 bits per heavy atom. The van der Waals surface area contributed by atoms with Crippen LogP contribution in [-0.4, -0.2) is 30.9 Å². The number of carbonyl (C=O) groups excluding carboxylic acids is 1. The first-order valence-corrected chi connectivity index (χ1v) is 10.1. The highest BCUT2D eigenvalue weighted by Gasteiger charge is 2.25. The highest BCUT2D eigenvalue weighted by molar-refractivity contribution is 6.13. The molecule has 0 unspecified atom stereocenters. The summed E-state index contributed by atoms with van der Waals surface area (Å²) in [5.74, 6) is 2.20. The standard InChI is InChI=1S/C24H27NO4/c1-15(29-18-7-5-17(6-8-18)24(2,3)4)21(26)13-20-19-12-23-22(27-14-28-23)11-16(19)9-10-25-20/h5-8,11-12,15H,9-10,13-14H2,1-4H3/t15-/m0/s1. The molecule has 0 radical (unpaired) electrons. The zero-order valence-electron chi connectivity index (χ0n) is 17.5. The average molecular weight is 393 g/mol. The molecule has 4 rings (SSSR count). The van der Waals surface area contributed by atoms with Gasteiger partial charge < -0.3 is 14.2 Å². The molecule has 5 nitrogen and oxygen atoms in total. The van der Waals surface area contributed by atoms with Gasteiger partial charge in [0.05, 0.1) is 6.42 Å². The number of benzene rings is 2. The van der Waals surface area contributed by atoms with E-state index in [9.17, 15) is 4.79 Å². The number of Topliss-reactive ketones (excluding diaryl/α,β-unsaturated/α-hetero) is 1. The third-order valence-electron chi connectivity index (χ3n) is 5.42. The molecule has 2 aliphatic rings. The summed E-state index contributed by atoms with van der Waals surface area (Å²) in [5, 5.41) is 0.